The fourth-order valence-electron chi connectivity index (χ4n) is 2.67. The van der Waals surface area contributed by atoms with E-state index in [1.165, 1.54) is 51.7 Å². The number of nitrogens with one attached hydrogen (secondary N) is 1. The van der Waals surface area contributed by atoms with Gasteiger partial charge in [0.05, 0.1) is 43.1 Å². The van der Waals surface area contributed by atoms with Crippen LogP contribution in [0, 0.1) is 0 Å². The second-order valence-electron chi connectivity index (χ2n) is 5.93. The lowest BCUT2D eigenvalue weighted by Crippen LogP contribution is -2.13. The molecule has 0 aliphatic heterocycles. The summed E-state index contributed by atoms with van der Waals surface area (Å²) < 4.78 is 55.1. The van der Waals surface area contributed by atoms with E-state index in [0.29, 0.717) is 0 Å². The predicted molar refractivity (Wildman–Crippen MR) is 104 cm³/mol. The summed E-state index contributed by atoms with van der Waals surface area (Å²) in [5, 5.41) is 3.13. The van der Waals surface area contributed by atoms with Crippen LogP contribution < -0.4 is 14.8 Å². The predicted octanol–water partition coefficient (Wildman–Crippen LogP) is 4.85. The van der Waals surface area contributed by atoms with Crippen LogP contribution in [0.1, 0.15) is 16.2 Å². The van der Waals surface area contributed by atoms with E-state index in [2.05, 4.69) is 20.0 Å². The molecule has 0 atom stereocenters. The van der Waals surface area contributed by atoms with Crippen LogP contribution >= 0.6 is 11.6 Å². The van der Waals surface area contributed by atoms with Crippen LogP contribution in [0.4, 0.5) is 24.7 Å². The average molecular weight is 442 g/mol. The third kappa shape index (κ3) is 4.18. The number of aromatic nitrogens is 2. The summed E-state index contributed by atoms with van der Waals surface area (Å²) in [6, 6.07) is 6.92. The highest BCUT2D eigenvalue weighted by Crippen LogP contribution is 2.38. The van der Waals surface area contributed by atoms with Gasteiger partial charge in [-0.05, 0) is 24.3 Å². The molecule has 0 unspecified atom stereocenters. The second kappa shape index (κ2) is 8.23. The Morgan fingerprint density at radius 3 is 2.30 bits per heavy atom. The van der Waals surface area contributed by atoms with Gasteiger partial charge in [0.15, 0.2) is 11.5 Å². The third-order valence-electron chi connectivity index (χ3n) is 4.10. The van der Waals surface area contributed by atoms with Gasteiger partial charge in [0.1, 0.15) is 5.82 Å². The normalized spacial score (nSPS) is 11.3. The molecule has 0 saturated heterocycles. The van der Waals surface area contributed by atoms with Crippen molar-refractivity contribution in [2.24, 2.45) is 0 Å². The van der Waals surface area contributed by atoms with Gasteiger partial charge >= 0.3 is 12.1 Å². The molecule has 3 rings (SSSR count). The van der Waals surface area contributed by atoms with Crippen LogP contribution in [-0.4, -0.2) is 37.3 Å². The quantitative estimate of drug-likeness (QED) is 0.567. The molecule has 1 aromatic heterocycles. The number of methoxy groups -OCH3 is 3. The van der Waals surface area contributed by atoms with E-state index in [0.717, 1.165) is 0 Å². The summed E-state index contributed by atoms with van der Waals surface area (Å²) in [4.78, 5) is 19.0. The van der Waals surface area contributed by atoms with Gasteiger partial charge < -0.3 is 19.5 Å². The first kappa shape index (κ1) is 21.4. The molecule has 11 heteroatoms. The number of anilines is 2. The number of rotatable bonds is 5. The number of fused-ring (bicyclic) bond motifs is 1. The Bertz CT molecular complexity index is 1120. The zero-order valence-corrected chi connectivity index (χ0v) is 16.7. The standard InChI is InChI=1S/C19H15ClF3N3O4/c1-28-14-7-10-12(8-15(14)29-2)25-18(19(21,22)23)26-16(10)24-13-6-9(17(27)30-3)4-5-11(13)20/h4-8H,1-3H3,(H,24,25,26). The molecule has 0 fully saturated rings. The molecule has 3 aromatic rings. The Kier molecular flexibility index (Phi) is 5.88. The Morgan fingerprint density at radius 2 is 1.70 bits per heavy atom. The molecule has 7 nitrogen and oxygen atoms in total. The lowest BCUT2D eigenvalue weighted by molar-refractivity contribution is -0.144. The Labute approximate surface area is 173 Å². The largest absolute Gasteiger partial charge is 0.493 e. The van der Waals surface area contributed by atoms with E-state index in [9.17, 15) is 18.0 Å². The minimum Gasteiger partial charge on any atom is -0.493 e. The number of esters is 1. The number of nitrogens with zero attached hydrogens (tertiary/aromatic N) is 2. The van der Waals surface area contributed by atoms with Gasteiger partial charge in [0.2, 0.25) is 5.82 Å². The number of hydrogen-bond acceptors (Lipinski definition) is 7. The van der Waals surface area contributed by atoms with Crippen LogP contribution in [0.15, 0.2) is 30.3 Å². The Balaban J connectivity index is 2.22. The van der Waals surface area contributed by atoms with Crippen molar-refractivity contribution in [3.05, 3.63) is 46.7 Å². The SMILES string of the molecule is COC(=O)c1ccc(Cl)c(Nc2nc(C(F)(F)F)nc3cc(OC)c(OC)cc23)c1. The van der Waals surface area contributed by atoms with Gasteiger partial charge in [-0.2, -0.15) is 13.2 Å². The van der Waals surface area contributed by atoms with Crippen molar-refractivity contribution in [1.82, 2.24) is 9.97 Å². The first-order valence-electron chi connectivity index (χ1n) is 8.33. The van der Waals surface area contributed by atoms with Crippen molar-refractivity contribution >= 4 is 40.0 Å². The highest BCUT2D eigenvalue weighted by molar-refractivity contribution is 6.33. The van der Waals surface area contributed by atoms with E-state index >= 15 is 0 Å². The molecule has 0 radical (unpaired) electrons. The van der Waals surface area contributed by atoms with E-state index in [-0.39, 0.29) is 44.5 Å². The van der Waals surface area contributed by atoms with Crippen molar-refractivity contribution < 1.29 is 32.2 Å². The summed E-state index contributed by atoms with van der Waals surface area (Å²) in [7, 11) is 3.95. The number of benzene rings is 2. The van der Waals surface area contributed by atoms with Crippen molar-refractivity contribution in [3.63, 3.8) is 0 Å². The fraction of sp³-hybridized carbons (Fsp3) is 0.211. The molecular formula is C19H15ClF3N3O4. The molecule has 1 N–H and O–H groups in total. The molecule has 2 aromatic carbocycles. The average Bonchev–Trinajstić information content (AvgIpc) is 2.72. The zero-order valence-electron chi connectivity index (χ0n) is 15.9. The molecule has 30 heavy (non-hydrogen) atoms. The topological polar surface area (TPSA) is 82.6 Å². The number of ether oxygens (including phenoxy) is 3. The minimum absolute atomic E-state index is 0.0299. The maximum atomic E-state index is 13.4. The number of halogens is 4. The summed E-state index contributed by atoms with van der Waals surface area (Å²) in [6.07, 6.45) is -4.80. The molecule has 158 valence electrons. The lowest BCUT2D eigenvalue weighted by Gasteiger charge is -2.15. The van der Waals surface area contributed by atoms with E-state index in [4.69, 9.17) is 21.1 Å². The number of hydrogen-bond donors (Lipinski definition) is 1. The van der Waals surface area contributed by atoms with Crippen LogP contribution in [0.25, 0.3) is 10.9 Å². The number of carbonyl (C=O) groups excluding carboxylic acids is 1. The zero-order chi connectivity index (χ0) is 22.1. The summed E-state index contributed by atoms with van der Waals surface area (Å²) in [5.41, 5.74) is 0.276. The van der Waals surface area contributed by atoms with Crippen LogP contribution in [0.3, 0.4) is 0 Å². The van der Waals surface area contributed by atoms with Crippen molar-refractivity contribution in [1.29, 1.82) is 0 Å². The van der Waals surface area contributed by atoms with Gasteiger partial charge in [-0.3, -0.25) is 0 Å². The molecule has 0 amide bonds. The molecule has 1 heterocycles. The van der Waals surface area contributed by atoms with Gasteiger partial charge in [-0.25, -0.2) is 14.8 Å². The summed E-state index contributed by atoms with van der Waals surface area (Å²) >= 11 is 6.16. The van der Waals surface area contributed by atoms with Gasteiger partial charge in [-0.1, -0.05) is 11.6 Å². The highest BCUT2D eigenvalue weighted by Gasteiger charge is 2.36. The lowest BCUT2D eigenvalue weighted by atomic mass is 10.1. The van der Waals surface area contributed by atoms with E-state index in [1.54, 1.807) is 0 Å². The smallest absolute Gasteiger partial charge is 0.451 e. The number of carbonyl (C=O) groups is 1. The van der Waals surface area contributed by atoms with Crippen LogP contribution in [0.2, 0.25) is 5.02 Å². The maximum Gasteiger partial charge on any atom is 0.451 e. The van der Waals surface area contributed by atoms with E-state index < -0.39 is 18.0 Å². The Morgan fingerprint density at radius 1 is 1.03 bits per heavy atom. The summed E-state index contributed by atoms with van der Waals surface area (Å²) in [6.45, 7) is 0. The Hall–Kier alpha value is -3.27. The van der Waals surface area contributed by atoms with Gasteiger partial charge in [-0.15, -0.1) is 0 Å². The first-order chi connectivity index (χ1) is 14.2. The monoisotopic (exact) mass is 441 g/mol. The summed E-state index contributed by atoms with van der Waals surface area (Å²) in [5.74, 6) is -1.70. The maximum absolute atomic E-state index is 13.4. The third-order valence-corrected chi connectivity index (χ3v) is 4.42. The minimum atomic E-state index is -4.80. The molecule has 0 spiro atoms. The van der Waals surface area contributed by atoms with Crippen molar-refractivity contribution in [2.75, 3.05) is 26.6 Å². The van der Waals surface area contributed by atoms with E-state index in [1.807, 2.05) is 0 Å². The molecule has 0 aliphatic carbocycles. The van der Waals surface area contributed by atoms with Crippen molar-refractivity contribution in [3.8, 4) is 11.5 Å². The van der Waals surface area contributed by atoms with Gasteiger partial charge in [0, 0.05) is 11.5 Å². The fourth-order valence-corrected chi connectivity index (χ4v) is 2.84. The molecule has 0 aliphatic rings. The van der Waals surface area contributed by atoms with Crippen molar-refractivity contribution in [2.45, 2.75) is 6.18 Å². The number of alkyl halides is 3. The second-order valence-corrected chi connectivity index (χ2v) is 6.34. The molecule has 0 saturated carbocycles. The van der Waals surface area contributed by atoms with Crippen LogP contribution in [0.5, 0.6) is 11.5 Å². The molecular weight excluding hydrogens is 427 g/mol. The van der Waals surface area contributed by atoms with Crippen LogP contribution in [-0.2, 0) is 10.9 Å². The highest BCUT2D eigenvalue weighted by atomic mass is 35.5. The first-order valence-corrected chi connectivity index (χ1v) is 8.71. The molecule has 0 bridgehead atoms. The van der Waals surface area contributed by atoms with Gasteiger partial charge in [0.25, 0.3) is 0 Å².